The molecule has 2 amide bonds. The Morgan fingerprint density at radius 3 is 2.51 bits per heavy atom. The molecule has 2 N–H and O–H groups in total. The van der Waals surface area contributed by atoms with Crippen molar-refractivity contribution in [2.75, 3.05) is 18.8 Å². The van der Waals surface area contributed by atoms with Crippen LogP contribution in [-0.4, -0.2) is 50.0 Å². The number of carbonyl (C=O) groups is 2. The van der Waals surface area contributed by atoms with Gasteiger partial charge in [-0.25, -0.2) is 8.42 Å². The highest BCUT2D eigenvalue weighted by molar-refractivity contribution is 7.91. The van der Waals surface area contributed by atoms with Crippen LogP contribution in [0.15, 0.2) is 41.3 Å². The highest BCUT2D eigenvalue weighted by atomic mass is 35.5. The molecule has 202 valence electrons. The Balaban J connectivity index is 1.79. The summed E-state index contributed by atoms with van der Waals surface area (Å²) in [6.07, 6.45) is -3.19. The fourth-order valence-corrected chi connectivity index (χ4v) is 5.70. The van der Waals surface area contributed by atoms with Crippen LogP contribution in [0.25, 0.3) is 0 Å². The van der Waals surface area contributed by atoms with Crippen LogP contribution in [-0.2, 0) is 33.9 Å². The first-order valence-electron chi connectivity index (χ1n) is 11.8. The van der Waals surface area contributed by atoms with Gasteiger partial charge in [-0.15, -0.1) is 0 Å². The van der Waals surface area contributed by atoms with Gasteiger partial charge in [0.15, 0.2) is 9.84 Å². The molecule has 0 radical (unpaired) electrons. The van der Waals surface area contributed by atoms with Crippen LogP contribution in [0.5, 0.6) is 0 Å². The molecule has 2 aromatic rings. The third-order valence-corrected chi connectivity index (χ3v) is 8.22. The average molecular weight is 560 g/mol. The first-order chi connectivity index (χ1) is 17.3. The maximum atomic E-state index is 13.9. The fraction of sp³-hybridized carbons (Fsp3) is 0.440. The number of nitrogens with one attached hydrogen (secondary N) is 2. The molecule has 0 saturated carbocycles. The lowest BCUT2D eigenvalue weighted by molar-refractivity contribution is -0.138. The molecule has 3 rings (SSSR count). The molecule has 1 atom stereocenters. The number of hydrogen-bond acceptors (Lipinski definition) is 5. The van der Waals surface area contributed by atoms with E-state index in [1.807, 2.05) is 4.90 Å². The minimum atomic E-state index is -4.69. The molecule has 1 saturated heterocycles. The smallest absolute Gasteiger partial charge is 0.352 e. The van der Waals surface area contributed by atoms with Gasteiger partial charge in [-0.2, -0.15) is 13.2 Å². The molecule has 1 fully saturated rings. The number of piperidine rings is 1. The van der Waals surface area contributed by atoms with Gasteiger partial charge < -0.3 is 10.6 Å². The van der Waals surface area contributed by atoms with Crippen molar-refractivity contribution < 1.29 is 31.2 Å². The van der Waals surface area contributed by atoms with Crippen molar-refractivity contribution in [3.63, 3.8) is 0 Å². The lowest BCUT2D eigenvalue weighted by atomic mass is 10.00. The summed E-state index contributed by atoms with van der Waals surface area (Å²) < 4.78 is 66.5. The number of carbonyl (C=O) groups excluding carboxylic acids is 2. The van der Waals surface area contributed by atoms with Gasteiger partial charge in [0, 0.05) is 43.2 Å². The van der Waals surface area contributed by atoms with Crippen molar-refractivity contribution in [3.8, 4) is 0 Å². The summed E-state index contributed by atoms with van der Waals surface area (Å²) in [6, 6.07) is 7.45. The quantitative estimate of drug-likeness (QED) is 0.506. The van der Waals surface area contributed by atoms with Crippen LogP contribution in [0, 0.1) is 0 Å². The third-order valence-electron chi connectivity index (χ3n) is 6.16. The van der Waals surface area contributed by atoms with Gasteiger partial charge in [-0.3, -0.25) is 14.5 Å². The molecule has 0 aromatic heterocycles. The van der Waals surface area contributed by atoms with Gasteiger partial charge >= 0.3 is 6.18 Å². The van der Waals surface area contributed by atoms with Crippen molar-refractivity contribution in [2.24, 2.45) is 0 Å². The molecule has 1 unspecified atom stereocenters. The van der Waals surface area contributed by atoms with E-state index in [4.69, 9.17) is 11.6 Å². The summed E-state index contributed by atoms with van der Waals surface area (Å²) in [7, 11) is -3.60. The predicted octanol–water partition coefficient (Wildman–Crippen LogP) is 4.18. The Morgan fingerprint density at radius 1 is 1.14 bits per heavy atom. The Labute approximate surface area is 219 Å². The average Bonchev–Trinajstić information content (AvgIpc) is 2.81. The lowest BCUT2D eigenvalue weighted by Gasteiger charge is -2.33. The van der Waals surface area contributed by atoms with Crippen LogP contribution in [0.3, 0.4) is 0 Å². The number of sulfone groups is 1. The normalized spacial score (nSPS) is 16.9. The van der Waals surface area contributed by atoms with E-state index in [1.165, 1.54) is 44.2 Å². The summed E-state index contributed by atoms with van der Waals surface area (Å²) in [5, 5.41) is 5.58. The molecule has 1 heterocycles. The number of halogens is 4. The van der Waals surface area contributed by atoms with Crippen LogP contribution in [0.2, 0.25) is 5.02 Å². The SMILES string of the molecule is CCS(=O)(=O)c1ccc(Cl)cc1CNC(=O)c1ccc(CN2CCCC(NC(C)=O)C2)c(C(F)(F)F)c1. The van der Waals surface area contributed by atoms with E-state index in [-0.39, 0.29) is 57.4 Å². The zero-order chi connectivity index (χ0) is 27.4. The molecule has 0 bridgehead atoms. The maximum absolute atomic E-state index is 13.9. The van der Waals surface area contributed by atoms with E-state index in [0.29, 0.717) is 13.1 Å². The van der Waals surface area contributed by atoms with E-state index in [9.17, 15) is 31.2 Å². The summed E-state index contributed by atoms with van der Waals surface area (Å²) in [5.41, 5.74) is -0.848. The molecular weight excluding hydrogens is 531 g/mol. The van der Waals surface area contributed by atoms with E-state index < -0.39 is 27.5 Å². The van der Waals surface area contributed by atoms with Gasteiger partial charge in [0.1, 0.15) is 0 Å². The molecule has 2 aromatic carbocycles. The predicted molar refractivity (Wildman–Crippen MR) is 134 cm³/mol. The molecule has 0 aliphatic carbocycles. The van der Waals surface area contributed by atoms with Crippen molar-refractivity contribution in [1.29, 1.82) is 0 Å². The standard InChI is InChI=1S/C25H29ClF3N3O4S/c1-3-37(35,36)23-9-8-20(26)11-19(23)13-30-24(34)17-6-7-18(22(12-17)25(27,28)29)14-32-10-4-5-21(15-32)31-16(2)33/h6-9,11-12,21H,3-5,10,13-15H2,1-2H3,(H,30,34)(H,31,33). The van der Waals surface area contributed by atoms with Crippen LogP contribution in [0.4, 0.5) is 13.2 Å². The Kier molecular flexibility index (Phi) is 9.25. The van der Waals surface area contributed by atoms with E-state index in [0.717, 1.165) is 18.9 Å². The van der Waals surface area contributed by atoms with E-state index in [1.54, 1.807) is 0 Å². The number of rotatable bonds is 8. The summed E-state index contributed by atoms with van der Waals surface area (Å²) in [5.74, 6) is -1.12. The largest absolute Gasteiger partial charge is 0.416 e. The van der Waals surface area contributed by atoms with Crippen LogP contribution in [0.1, 0.15) is 53.7 Å². The molecule has 37 heavy (non-hydrogen) atoms. The van der Waals surface area contributed by atoms with Gasteiger partial charge in [0.25, 0.3) is 5.91 Å². The topological polar surface area (TPSA) is 95.6 Å². The monoisotopic (exact) mass is 559 g/mol. The molecule has 7 nitrogen and oxygen atoms in total. The zero-order valence-corrected chi connectivity index (χ0v) is 22.1. The molecule has 1 aliphatic heterocycles. The molecular formula is C25H29ClF3N3O4S. The van der Waals surface area contributed by atoms with Gasteiger partial charge in [-0.1, -0.05) is 24.6 Å². The summed E-state index contributed by atoms with van der Waals surface area (Å²) in [4.78, 5) is 26.0. The second kappa shape index (κ2) is 11.8. The fourth-order valence-electron chi connectivity index (χ4n) is 4.39. The Morgan fingerprint density at radius 2 is 1.86 bits per heavy atom. The molecule has 12 heteroatoms. The number of likely N-dealkylation sites (tertiary alicyclic amines) is 1. The van der Waals surface area contributed by atoms with Crippen LogP contribution < -0.4 is 10.6 Å². The number of benzene rings is 2. The zero-order valence-electron chi connectivity index (χ0n) is 20.5. The van der Waals surface area contributed by atoms with Crippen molar-refractivity contribution in [3.05, 3.63) is 63.7 Å². The van der Waals surface area contributed by atoms with E-state index in [2.05, 4.69) is 10.6 Å². The Hall–Kier alpha value is -2.63. The second-order valence-corrected chi connectivity index (χ2v) is 11.7. The van der Waals surface area contributed by atoms with Gasteiger partial charge in [-0.05, 0) is 60.8 Å². The summed E-state index contributed by atoms with van der Waals surface area (Å²) in [6.45, 7) is 3.71. The number of amides is 2. The van der Waals surface area contributed by atoms with Gasteiger partial charge in [0.2, 0.25) is 5.91 Å². The first-order valence-corrected chi connectivity index (χ1v) is 13.8. The highest BCUT2D eigenvalue weighted by Gasteiger charge is 2.35. The highest BCUT2D eigenvalue weighted by Crippen LogP contribution is 2.34. The summed E-state index contributed by atoms with van der Waals surface area (Å²) >= 11 is 5.99. The number of hydrogen-bond donors (Lipinski definition) is 2. The maximum Gasteiger partial charge on any atom is 0.416 e. The van der Waals surface area contributed by atoms with Crippen molar-refractivity contribution in [1.82, 2.24) is 15.5 Å². The van der Waals surface area contributed by atoms with E-state index >= 15 is 0 Å². The van der Waals surface area contributed by atoms with Crippen molar-refractivity contribution in [2.45, 2.75) is 56.9 Å². The minimum Gasteiger partial charge on any atom is -0.352 e. The second-order valence-electron chi connectivity index (χ2n) is 8.98. The third kappa shape index (κ3) is 7.68. The van der Waals surface area contributed by atoms with Crippen LogP contribution >= 0.6 is 11.6 Å². The number of nitrogens with zero attached hydrogens (tertiary/aromatic N) is 1. The van der Waals surface area contributed by atoms with Crippen molar-refractivity contribution >= 4 is 33.3 Å². The lowest BCUT2D eigenvalue weighted by Crippen LogP contribution is -2.46. The molecule has 1 aliphatic rings. The number of alkyl halides is 3. The first kappa shape index (κ1) is 28.9. The Bertz CT molecular complexity index is 1270. The molecule has 0 spiro atoms. The minimum absolute atomic E-state index is 0.00475. The van der Waals surface area contributed by atoms with Gasteiger partial charge in [0.05, 0.1) is 16.2 Å².